The quantitative estimate of drug-likeness (QED) is 0.533. The minimum Gasteiger partial charge on any atom is -0.466 e. The van der Waals surface area contributed by atoms with Gasteiger partial charge in [-0.1, -0.05) is 0 Å². The van der Waals surface area contributed by atoms with Crippen LogP contribution in [0.3, 0.4) is 0 Å². The minimum atomic E-state index is -0.447. The van der Waals surface area contributed by atoms with Crippen molar-refractivity contribution < 1.29 is 23.8 Å². The number of hydrogen-bond acceptors (Lipinski definition) is 5. The lowest BCUT2D eigenvalue weighted by Gasteiger charge is -2.36. The molecule has 0 aromatic heterocycles. The van der Waals surface area contributed by atoms with E-state index >= 15 is 0 Å². The van der Waals surface area contributed by atoms with Crippen LogP contribution in [0.5, 0.6) is 0 Å². The maximum absolute atomic E-state index is 11.8. The van der Waals surface area contributed by atoms with Gasteiger partial charge in [-0.2, -0.15) is 0 Å². The second-order valence-corrected chi connectivity index (χ2v) is 4.86. The summed E-state index contributed by atoms with van der Waals surface area (Å²) in [6.45, 7) is 4.71. The smallest absolute Gasteiger partial charge is 0.315 e. The Morgan fingerprint density at radius 1 is 1.21 bits per heavy atom. The van der Waals surface area contributed by atoms with Gasteiger partial charge < -0.3 is 19.1 Å². The van der Waals surface area contributed by atoms with E-state index in [0.717, 1.165) is 12.8 Å². The number of hydrogen-bond donors (Lipinski definition) is 0. The molecule has 0 radical (unpaired) electrons. The van der Waals surface area contributed by atoms with Gasteiger partial charge in [0.1, 0.15) is 12.5 Å². The van der Waals surface area contributed by atoms with Crippen molar-refractivity contribution >= 4 is 11.9 Å². The first-order valence-corrected chi connectivity index (χ1v) is 6.85. The van der Waals surface area contributed by atoms with Crippen molar-refractivity contribution in [3.8, 4) is 0 Å². The van der Waals surface area contributed by atoms with Gasteiger partial charge in [-0.25, -0.2) is 0 Å². The summed E-state index contributed by atoms with van der Waals surface area (Å²) in [6, 6.07) is 0. The fourth-order valence-electron chi connectivity index (χ4n) is 2.25. The molecule has 2 heterocycles. The number of esters is 1. The molecule has 6 nitrogen and oxygen atoms in total. The monoisotopic (exact) mass is 271 g/mol. The van der Waals surface area contributed by atoms with Gasteiger partial charge in [0, 0.05) is 13.1 Å². The van der Waals surface area contributed by atoms with E-state index in [9.17, 15) is 9.59 Å². The highest BCUT2D eigenvalue weighted by Crippen LogP contribution is 2.18. The van der Waals surface area contributed by atoms with Crippen LogP contribution in [0.2, 0.25) is 0 Å². The Kier molecular flexibility index (Phi) is 5.15. The predicted octanol–water partition coefficient (Wildman–Crippen LogP) is 0.346. The molecule has 0 spiro atoms. The molecule has 0 atom stereocenters. The molecule has 0 bridgehead atoms. The van der Waals surface area contributed by atoms with Crippen LogP contribution in [0, 0.1) is 0 Å². The summed E-state index contributed by atoms with van der Waals surface area (Å²) >= 11 is 0. The Balaban J connectivity index is 1.66. The average Bonchev–Trinajstić information content (AvgIpc) is 2.35. The third-order valence-electron chi connectivity index (χ3n) is 3.39. The molecule has 108 valence electrons. The molecule has 0 aromatic rings. The zero-order valence-corrected chi connectivity index (χ0v) is 11.3. The Morgan fingerprint density at radius 3 is 2.42 bits per heavy atom. The zero-order chi connectivity index (χ0) is 13.7. The largest absolute Gasteiger partial charge is 0.466 e. The summed E-state index contributed by atoms with van der Waals surface area (Å²) < 4.78 is 15.7. The van der Waals surface area contributed by atoms with Crippen LogP contribution >= 0.6 is 0 Å². The van der Waals surface area contributed by atoms with E-state index < -0.39 is 5.97 Å². The van der Waals surface area contributed by atoms with Crippen molar-refractivity contribution in [3.05, 3.63) is 0 Å². The SMILES string of the molecule is CCOC(=O)CC(=O)N1CCC(OC2COC2)CC1. The molecule has 0 aliphatic carbocycles. The van der Waals surface area contributed by atoms with Crippen LogP contribution in [-0.2, 0) is 23.8 Å². The van der Waals surface area contributed by atoms with Gasteiger partial charge in [-0.05, 0) is 19.8 Å². The molecule has 0 aromatic carbocycles. The number of carbonyl (C=O) groups excluding carboxylic acids is 2. The average molecular weight is 271 g/mol. The molecular weight excluding hydrogens is 250 g/mol. The number of amides is 1. The molecule has 2 aliphatic rings. The number of rotatable bonds is 5. The van der Waals surface area contributed by atoms with Crippen molar-refractivity contribution in [2.75, 3.05) is 32.9 Å². The summed E-state index contributed by atoms with van der Waals surface area (Å²) in [5, 5.41) is 0. The molecule has 2 aliphatic heterocycles. The van der Waals surface area contributed by atoms with Crippen LogP contribution in [0.1, 0.15) is 26.2 Å². The number of ether oxygens (including phenoxy) is 3. The lowest BCUT2D eigenvalue weighted by atomic mass is 10.1. The first-order valence-electron chi connectivity index (χ1n) is 6.85. The van der Waals surface area contributed by atoms with Crippen LogP contribution in [0.25, 0.3) is 0 Å². The van der Waals surface area contributed by atoms with E-state index in [1.807, 2.05) is 0 Å². The molecule has 0 unspecified atom stereocenters. The zero-order valence-electron chi connectivity index (χ0n) is 11.3. The predicted molar refractivity (Wildman–Crippen MR) is 66.5 cm³/mol. The summed E-state index contributed by atoms with van der Waals surface area (Å²) in [6.07, 6.45) is 1.93. The van der Waals surface area contributed by atoms with Crippen LogP contribution < -0.4 is 0 Å². The van der Waals surface area contributed by atoms with E-state index in [1.165, 1.54) is 0 Å². The fraction of sp³-hybridized carbons (Fsp3) is 0.846. The Bertz CT molecular complexity index is 321. The van der Waals surface area contributed by atoms with E-state index in [4.69, 9.17) is 14.2 Å². The van der Waals surface area contributed by atoms with E-state index in [2.05, 4.69) is 0 Å². The van der Waals surface area contributed by atoms with Crippen molar-refractivity contribution in [1.29, 1.82) is 0 Å². The van der Waals surface area contributed by atoms with E-state index in [0.29, 0.717) is 32.9 Å². The molecule has 2 saturated heterocycles. The molecule has 1 amide bonds. The van der Waals surface area contributed by atoms with Crippen LogP contribution in [0.15, 0.2) is 0 Å². The maximum Gasteiger partial charge on any atom is 0.315 e. The molecule has 2 fully saturated rings. The van der Waals surface area contributed by atoms with Crippen LogP contribution in [0.4, 0.5) is 0 Å². The van der Waals surface area contributed by atoms with Gasteiger partial charge in [0.05, 0.1) is 25.9 Å². The third-order valence-corrected chi connectivity index (χ3v) is 3.39. The Labute approximate surface area is 113 Å². The van der Waals surface area contributed by atoms with Gasteiger partial charge in [0.2, 0.25) is 5.91 Å². The topological polar surface area (TPSA) is 65.1 Å². The summed E-state index contributed by atoms with van der Waals surface area (Å²) in [5.74, 6) is -0.596. The highest BCUT2D eigenvalue weighted by Gasteiger charge is 2.28. The number of likely N-dealkylation sites (tertiary alicyclic amines) is 1. The molecule has 0 saturated carbocycles. The fourth-order valence-corrected chi connectivity index (χ4v) is 2.25. The highest BCUT2D eigenvalue weighted by atomic mass is 16.6. The third kappa shape index (κ3) is 4.18. The van der Waals surface area contributed by atoms with Gasteiger partial charge in [-0.15, -0.1) is 0 Å². The van der Waals surface area contributed by atoms with E-state index in [-0.39, 0.29) is 24.5 Å². The number of piperidine rings is 1. The van der Waals surface area contributed by atoms with Crippen molar-refractivity contribution in [3.63, 3.8) is 0 Å². The van der Waals surface area contributed by atoms with Gasteiger partial charge in [0.15, 0.2) is 0 Å². The summed E-state index contributed by atoms with van der Waals surface area (Å²) in [4.78, 5) is 24.8. The van der Waals surface area contributed by atoms with Gasteiger partial charge >= 0.3 is 5.97 Å². The van der Waals surface area contributed by atoms with Crippen LogP contribution in [-0.4, -0.2) is 61.9 Å². The first-order chi connectivity index (χ1) is 9.19. The lowest BCUT2D eigenvalue weighted by Crippen LogP contribution is -2.45. The Hall–Kier alpha value is -1.14. The van der Waals surface area contributed by atoms with Gasteiger partial charge in [0.25, 0.3) is 0 Å². The molecular formula is C13H21NO5. The van der Waals surface area contributed by atoms with Crippen molar-refractivity contribution in [1.82, 2.24) is 4.90 Å². The summed E-state index contributed by atoms with van der Waals surface area (Å²) in [5.41, 5.74) is 0. The molecule has 19 heavy (non-hydrogen) atoms. The number of nitrogens with zero attached hydrogens (tertiary/aromatic N) is 1. The highest BCUT2D eigenvalue weighted by molar-refractivity contribution is 5.94. The first kappa shape index (κ1) is 14.3. The van der Waals surface area contributed by atoms with Crippen molar-refractivity contribution in [2.24, 2.45) is 0 Å². The van der Waals surface area contributed by atoms with Crippen molar-refractivity contribution in [2.45, 2.75) is 38.4 Å². The Morgan fingerprint density at radius 2 is 1.89 bits per heavy atom. The van der Waals surface area contributed by atoms with Gasteiger partial charge in [-0.3, -0.25) is 9.59 Å². The lowest BCUT2D eigenvalue weighted by molar-refractivity contribution is -0.165. The summed E-state index contributed by atoms with van der Waals surface area (Å²) in [7, 11) is 0. The normalized spacial score (nSPS) is 21.0. The molecule has 2 rings (SSSR count). The standard InChI is InChI=1S/C13H21NO5/c1-2-18-13(16)7-12(15)14-5-3-10(4-6-14)19-11-8-17-9-11/h10-11H,2-9H2,1H3. The minimum absolute atomic E-state index is 0.149. The second kappa shape index (κ2) is 6.86. The molecule has 6 heteroatoms. The maximum atomic E-state index is 11.8. The molecule has 0 N–H and O–H groups in total. The number of carbonyl (C=O) groups is 2. The van der Waals surface area contributed by atoms with E-state index in [1.54, 1.807) is 11.8 Å². The second-order valence-electron chi connectivity index (χ2n) is 4.86.